The van der Waals surface area contributed by atoms with Crippen LogP contribution in [0.15, 0.2) is 66.2 Å². The lowest BCUT2D eigenvalue weighted by Gasteiger charge is -2.33. The predicted molar refractivity (Wildman–Crippen MR) is 176 cm³/mol. The number of aryl methyl sites for hydroxylation is 1. The van der Waals surface area contributed by atoms with Crippen LogP contribution in [0.4, 0.5) is 20.8 Å². The average molecular weight is 644 g/mol. The van der Waals surface area contributed by atoms with Crippen LogP contribution in [0.25, 0.3) is 27.8 Å². The second-order valence-electron chi connectivity index (χ2n) is 12.3. The Morgan fingerprint density at radius 1 is 1.15 bits per heavy atom. The van der Waals surface area contributed by atoms with E-state index in [9.17, 15) is 14.0 Å². The number of nitrogens with one attached hydrogen (secondary N) is 1. The predicted octanol–water partition coefficient (Wildman–Crippen LogP) is 5.39. The molecule has 1 aliphatic heterocycles. The second kappa shape index (κ2) is 13.2. The zero-order valence-electron chi connectivity index (χ0n) is 26.7. The molecule has 1 fully saturated rings. The molecule has 1 N–H and O–H groups in total. The number of alkyl halides is 1. The number of carbonyl (C=O) groups is 1. The number of aromatic nitrogens is 7. The van der Waals surface area contributed by atoms with E-state index >= 15 is 0 Å². The van der Waals surface area contributed by atoms with Gasteiger partial charge in [-0.15, -0.1) is 6.58 Å². The van der Waals surface area contributed by atoms with Crippen molar-refractivity contribution < 1.29 is 18.7 Å². The third-order valence-electron chi connectivity index (χ3n) is 7.69. The zero-order chi connectivity index (χ0) is 33.1. The Kier molecular flexibility index (Phi) is 8.92. The van der Waals surface area contributed by atoms with Crippen molar-refractivity contribution in [3.63, 3.8) is 0 Å². The minimum absolute atomic E-state index is 0.139. The number of carbonyl (C=O) groups excluding carboxylic acids is 1. The smallest absolute Gasteiger partial charge is 0.410 e. The summed E-state index contributed by atoms with van der Waals surface area (Å²) in [5.41, 5.74) is 1.16. The number of nitrogens with zero attached hydrogens (tertiary/aromatic N) is 8. The van der Waals surface area contributed by atoms with E-state index in [4.69, 9.17) is 19.4 Å². The molecule has 0 spiro atoms. The van der Waals surface area contributed by atoms with Gasteiger partial charge in [-0.2, -0.15) is 15.1 Å². The van der Waals surface area contributed by atoms with Crippen molar-refractivity contribution in [3.05, 3.63) is 71.8 Å². The number of allylic oxidation sites excluding steroid dienone is 1. The molecular formula is C33H38FN9O4. The number of halogens is 1. The Morgan fingerprint density at radius 3 is 2.70 bits per heavy atom. The number of hydrogen-bond acceptors (Lipinski definition) is 9. The Balaban J connectivity index is 1.24. The summed E-state index contributed by atoms with van der Waals surface area (Å²) >= 11 is 0. The standard InChI is InChI=1S/C33H38FN9O4/c1-5-15-42-30(44)25-21-35-31(37-23-10-11-26-22(19-23)20-36-41(26)16-7-14-34)39-29(25)43(42)27-8-6-9-28(38-27)46-24-12-17-40(18-13-24)32(45)47-33(2,3)4/h5-6,8-11,19-21,24H,1,7,12-18H2,2-4H3,(H,35,37,39). The number of ether oxygens (including phenoxy) is 2. The van der Waals surface area contributed by atoms with Crippen LogP contribution in [-0.2, 0) is 17.8 Å². The fourth-order valence-corrected chi connectivity index (χ4v) is 5.53. The Hall–Kier alpha value is -5.27. The first-order valence-corrected chi connectivity index (χ1v) is 15.6. The molecule has 0 aliphatic carbocycles. The minimum Gasteiger partial charge on any atom is -0.474 e. The highest BCUT2D eigenvalue weighted by molar-refractivity contribution is 5.83. The second-order valence-corrected chi connectivity index (χ2v) is 12.3. The van der Waals surface area contributed by atoms with Gasteiger partial charge in [0, 0.05) is 55.8 Å². The number of likely N-dealkylation sites (tertiary alicyclic amines) is 1. The summed E-state index contributed by atoms with van der Waals surface area (Å²) in [6.45, 7) is 10.7. The molecule has 47 heavy (non-hydrogen) atoms. The summed E-state index contributed by atoms with van der Waals surface area (Å²) in [7, 11) is 0. The van der Waals surface area contributed by atoms with Gasteiger partial charge in [0.25, 0.3) is 5.56 Å². The topological polar surface area (TPSA) is 134 Å². The van der Waals surface area contributed by atoms with Crippen LogP contribution in [0.3, 0.4) is 0 Å². The van der Waals surface area contributed by atoms with Crippen molar-refractivity contribution in [3.8, 4) is 11.7 Å². The van der Waals surface area contributed by atoms with Gasteiger partial charge in [-0.1, -0.05) is 12.1 Å². The van der Waals surface area contributed by atoms with E-state index in [0.29, 0.717) is 61.6 Å². The molecule has 0 radical (unpaired) electrons. The number of fused-ring (bicyclic) bond motifs is 2. The molecule has 0 bridgehead atoms. The molecule has 1 aromatic carbocycles. The van der Waals surface area contributed by atoms with Gasteiger partial charge in [-0.3, -0.25) is 13.9 Å². The number of hydrogen-bond donors (Lipinski definition) is 1. The molecule has 4 aromatic heterocycles. The van der Waals surface area contributed by atoms with Gasteiger partial charge in [0.15, 0.2) is 11.5 Å². The van der Waals surface area contributed by atoms with E-state index in [1.54, 1.807) is 38.7 Å². The molecule has 1 saturated heterocycles. The van der Waals surface area contributed by atoms with Crippen LogP contribution < -0.4 is 15.6 Å². The maximum absolute atomic E-state index is 13.4. The monoisotopic (exact) mass is 643 g/mol. The molecule has 5 aromatic rings. The van der Waals surface area contributed by atoms with Crippen molar-refractivity contribution >= 4 is 39.7 Å². The van der Waals surface area contributed by atoms with E-state index < -0.39 is 12.3 Å². The SMILES string of the molecule is C=CCn1c(=O)c2cnc(Nc3ccc4c(cnn4CCCF)c3)nc2n1-c1cccc(OC2CCN(C(=O)OC(C)(C)C)CC2)n1. The zero-order valence-corrected chi connectivity index (χ0v) is 26.7. The molecule has 5 heterocycles. The van der Waals surface area contributed by atoms with E-state index in [1.807, 2.05) is 45.0 Å². The molecule has 14 heteroatoms. The Morgan fingerprint density at radius 2 is 1.96 bits per heavy atom. The van der Waals surface area contributed by atoms with Crippen LogP contribution in [0, 0.1) is 0 Å². The molecule has 13 nitrogen and oxygen atoms in total. The van der Waals surface area contributed by atoms with Gasteiger partial charge in [0.1, 0.15) is 17.1 Å². The summed E-state index contributed by atoms with van der Waals surface area (Å²) in [6, 6.07) is 11.1. The number of piperidine rings is 1. The Bertz CT molecular complexity index is 1970. The molecule has 0 unspecified atom stereocenters. The first-order chi connectivity index (χ1) is 22.6. The van der Waals surface area contributed by atoms with Gasteiger partial charge >= 0.3 is 6.09 Å². The molecule has 0 saturated carbocycles. The van der Waals surface area contributed by atoms with E-state index in [2.05, 4.69) is 22.0 Å². The molecule has 1 aliphatic rings. The average Bonchev–Trinajstić information content (AvgIpc) is 3.57. The number of benzene rings is 1. The summed E-state index contributed by atoms with van der Waals surface area (Å²) in [6.07, 6.45) is 6.06. The summed E-state index contributed by atoms with van der Waals surface area (Å²) < 4.78 is 29.3. The lowest BCUT2D eigenvalue weighted by atomic mass is 10.1. The quantitative estimate of drug-likeness (QED) is 0.199. The third-order valence-corrected chi connectivity index (χ3v) is 7.69. The summed E-state index contributed by atoms with van der Waals surface area (Å²) in [4.78, 5) is 41.5. The summed E-state index contributed by atoms with van der Waals surface area (Å²) in [5.74, 6) is 1.12. The third kappa shape index (κ3) is 6.95. The van der Waals surface area contributed by atoms with Crippen molar-refractivity contribution in [2.45, 2.75) is 64.8 Å². The van der Waals surface area contributed by atoms with E-state index in [-0.39, 0.29) is 30.2 Å². The molecule has 6 rings (SSSR count). The van der Waals surface area contributed by atoms with Crippen molar-refractivity contribution in [2.75, 3.05) is 25.1 Å². The number of anilines is 2. The largest absolute Gasteiger partial charge is 0.474 e. The highest BCUT2D eigenvalue weighted by atomic mass is 19.1. The van der Waals surface area contributed by atoms with Crippen LogP contribution >= 0.6 is 0 Å². The fourth-order valence-electron chi connectivity index (χ4n) is 5.53. The molecule has 246 valence electrons. The number of pyridine rings is 1. The van der Waals surface area contributed by atoms with Gasteiger partial charge in [-0.25, -0.2) is 19.1 Å². The minimum atomic E-state index is -0.553. The maximum Gasteiger partial charge on any atom is 0.410 e. The van der Waals surface area contributed by atoms with Crippen LogP contribution in [-0.4, -0.2) is 76.6 Å². The van der Waals surface area contributed by atoms with E-state index in [1.165, 1.54) is 10.9 Å². The fraction of sp³-hybridized carbons (Fsp3) is 0.394. The number of rotatable bonds is 10. The van der Waals surface area contributed by atoms with Crippen molar-refractivity contribution in [1.29, 1.82) is 0 Å². The van der Waals surface area contributed by atoms with Gasteiger partial charge in [0.2, 0.25) is 11.8 Å². The van der Waals surface area contributed by atoms with Gasteiger partial charge in [-0.05, 0) is 51.5 Å². The first-order valence-electron chi connectivity index (χ1n) is 15.6. The van der Waals surface area contributed by atoms with Crippen molar-refractivity contribution in [1.82, 2.24) is 39.0 Å². The van der Waals surface area contributed by atoms with Crippen LogP contribution in [0.2, 0.25) is 0 Å². The highest BCUT2D eigenvalue weighted by Crippen LogP contribution is 2.24. The Labute approximate surface area is 270 Å². The molecular weight excluding hydrogens is 605 g/mol. The normalized spacial score (nSPS) is 14.1. The lowest BCUT2D eigenvalue weighted by molar-refractivity contribution is 0.0123. The lowest BCUT2D eigenvalue weighted by Crippen LogP contribution is -2.44. The molecule has 1 amide bonds. The van der Waals surface area contributed by atoms with Gasteiger partial charge < -0.3 is 19.7 Å². The molecule has 0 atom stereocenters. The number of amides is 1. The highest BCUT2D eigenvalue weighted by Gasteiger charge is 2.28. The first kappa shape index (κ1) is 31.7. The summed E-state index contributed by atoms with van der Waals surface area (Å²) in [5, 5.41) is 8.80. The van der Waals surface area contributed by atoms with Crippen LogP contribution in [0.1, 0.15) is 40.0 Å². The van der Waals surface area contributed by atoms with Gasteiger partial charge in [0.05, 0.1) is 24.9 Å². The maximum atomic E-state index is 13.4. The van der Waals surface area contributed by atoms with E-state index in [0.717, 1.165) is 16.6 Å². The van der Waals surface area contributed by atoms with Crippen LogP contribution in [0.5, 0.6) is 5.88 Å². The van der Waals surface area contributed by atoms with Crippen molar-refractivity contribution in [2.24, 2.45) is 0 Å².